The summed E-state index contributed by atoms with van der Waals surface area (Å²) in [6.45, 7) is 2.02. The first kappa shape index (κ1) is 16.1. The maximum absolute atomic E-state index is 12.8. The molecule has 1 aliphatic carbocycles. The molecule has 0 amide bonds. The molecule has 4 rings (SSSR count). The molecule has 1 aromatic heterocycles. The van der Waals surface area contributed by atoms with Crippen LogP contribution in [0.15, 0.2) is 29.1 Å². The molecule has 0 bridgehead atoms. The summed E-state index contributed by atoms with van der Waals surface area (Å²) < 4.78 is 1.28. The smallest absolute Gasteiger partial charge is 0.326 e. The van der Waals surface area contributed by atoms with Crippen LogP contribution in [0.3, 0.4) is 0 Å². The van der Waals surface area contributed by atoms with Crippen molar-refractivity contribution in [1.29, 1.82) is 0 Å². The van der Waals surface area contributed by atoms with E-state index in [-0.39, 0.29) is 16.5 Å². The minimum atomic E-state index is -1.02. The third kappa shape index (κ3) is 2.61. The average Bonchev–Trinajstić information content (AvgIpc) is 3.19. The van der Waals surface area contributed by atoms with Crippen LogP contribution in [0.4, 0.5) is 5.82 Å². The second-order valence-corrected chi connectivity index (χ2v) is 7.20. The highest BCUT2D eigenvalue weighted by Crippen LogP contribution is 2.48. The van der Waals surface area contributed by atoms with E-state index in [1.807, 2.05) is 25.1 Å². The summed E-state index contributed by atoms with van der Waals surface area (Å²) in [6.07, 6.45) is 2.58. The second kappa shape index (κ2) is 5.59. The molecule has 2 aromatic rings. The molecule has 6 nitrogen and oxygen atoms in total. The van der Waals surface area contributed by atoms with Gasteiger partial charge in [0.15, 0.2) is 11.0 Å². The van der Waals surface area contributed by atoms with Crippen molar-refractivity contribution in [3.63, 3.8) is 0 Å². The van der Waals surface area contributed by atoms with Gasteiger partial charge in [-0.15, -0.1) is 0 Å². The normalized spacial score (nSPS) is 20.2. The summed E-state index contributed by atoms with van der Waals surface area (Å²) in [5, 5.41) is 12.8. The number of benzene rings is 1. The van der Waals surface area contributed by atoms with E-state index in [9.17, 15) is 14.7 Å². The van der Waals surface area contributed by atoms with Crippen LogP contribution < -0.4 is 10.9 Å². The Morgan fingerprint density at radius 2 is 2.20 bits per heavy atom. The summed E-state index contributed by atoms with van der Waals surface area (Å²) in [5.41, 5.74) is 2.01. The number of hydrogen-bond donors (Lipinski definition) is 2. The maximum atomic E-state index is 12.8. The van der Waals surface area contributed by atoms with Gasteiger partial charge in [0, 0.05) is 0 Å². The number of fused-ring (bicyclic) bond motifs is 1. The van der Waals surface area contributed by atoms with Crippen molar-refractivity contribution in [2.75, 3.05) is 5.32 Å². The number of nitrogens with one attached hydrogen (secondary N) is 1. The Kier molecular flexibility index (Phi) is 3.61. The Morgan fingerprint density at radius 3 is 2.84 bits per heavy atom. The van der Waals surface area contributed by atoms with Crippen molar-refractivity contribution in [2.24, 2.45) is 0 Å². The first-order valence-electron chi connectivity index (χ1n) is 8.30. The molecule has 0 radical (unpaired) electrons. The Balaban J connectivity index is 1.75. The molecule has 1 unspecified atom stereocenters. The number of aliphatic carboxylic acids is 1. The van der Waals surface area contributed by atoms with Gasteiger partial charge in [0.25, 0.3) is 5.56 Å². The molecule has 0 spiro atoms. The number of rotatable bonds is 4. The van der Waals surface area contributed by atoms with E-state index in [1.54, 1.807) is 0 Å². The van der Waals surface area contributed by atoms with Gasteiger partial charge in [-0.1, -0.05) is 41.4 Å². The number of hydrogen-bond acceptors (Lipinski definition) is 4. The van der Waals surface area contributed by atoms with Gasteiger partial charge in [0.1, 0.15) is 6.04 Å². The number of aromatic nitrogens is 2. The van der Waals surface area contributed by atoms with Gasteiger partial charge in [-0.3, -0.25) is 9.36 Å². The molecular weight excluding hydrogens is 342 g/mol. The van der Waals surface area contributed by atoms with Gasteiger partial charge in [-0.2, -0.15) is 0 Å². The Hall–Kier alpha value is -2.34. The van der Waals surface area contributed by atoms with E-state index >= 15 is 0 Å². The van der Waals surface area contributed by atoms with Crippen LogP contribution in [-0.2, 0) is 16.8 Å². The largest absolute Gasteiger partial charge is 0.480 e. The number of carbonyl (C=O) groups is 1. The lowest BCUT2D eigenvalue weighted by Gasteiger charge is -2.20. The lowest BCUT2D eigenvalue weighted by molar-refractivity contribution is -0.140. The van der Waals surface area contributed by atoms with Crippen molar-refractivity contribution in [2.45, 2.75) is 44.2 Å². The molecule has 1 saturated carbocycles. The van der Waals surface area contributed by atoms with Crippen molar-refractivity contribution in [3.8, 4) is 0 Å². The Bertz CT molecular complexity index is 934. The quantitative estimate of drug-likeness (QED) is 0.876. The highest BCUT2D eigenvalue weighted by atomic mass is 35.5. The Labute approximate surface area is 149 Å². The van der Waals surface area contributed by atoms with Crippen LogP contribution in [0, 0.1) is 6.92 Å². The van der Waals surface area contributed by atoms with E-state index in [1.165, 1.54) is 4.57 Å². The fourth-order valence-electron chi connectivity index (χ4n) is 3.60. The van der Waals surface area contributed by atoms with Crippen LogP contribution in [0.2, 0.25) is 5.15 Å². The number of nitrogens with zero attached hydrogens (tertiary/aromatic N) is 2. The monoisotopic (exact) mass is 359 g/mol. The summed E-state index contributed by atoms with van der Waals surface area (Å²) in [6, 6.07) is 7.25. The number of aryl methyl sites for hydroxylation is 1. The minimum absolute atomic E-state index is 0.126. The minimum Gasteiger partial charge on any atom is -0.480 e. The molecule has 2 N–H and O–H groups in total. The molecule has 130 valence electrons. The molecule has 1 aliphatic heterocycles. The molecule has 7 heteroatoms. The average molecular weight is 360 g/mol. The first-order valence-corrected chi connectivity index (χ1v) is 8.68. The zero-order valence-electron chi connectivity index (χ0n) is 13.8. The summed E-state index contributed by atoms with van der Waals surface area (Å²) in [4.78, 5) is 28.5. The van der Waals surface area contributed by atoms with E-state index in [2.05, 4.69) is 16.4 Å². The summed E-state index contributed by atoms with van der Waals surface area (Å²) >= 11 is 6.23. The van der Waals surface area contributed by atoms with E-state index < -0.39 is 17.6 Å². The van der Waals surface area contributed by atoms with Crippen molar-refractivity contribution >= 4 is 23.4 Å². The van der Waals surface area contributed by atoms with Crippen molar-refractivity contribution < 1.29 is 9.90 Å². The fraction of sp³-hybridized carbons (Fsp3) is 0.389. The lowest BCUT2D eigenvalue weighted by atomic mass is 10.0. The SMILES string of the molecule is Cc1cccc(C2(Nc3nc(Cl)c4n(c3=O)C(C(=O)O)CC4)CC2)c1. The number of anilines is 1. The molecule has 1 atom stereocenters. The van der Waals surface area contributed by atoms with Crippen LogP contribution >= 0.6 is 11.6 Å². The predicted molar refractivity (Wildman–Crippen MR) is 94.2 cm³/mol. The van der Waals surface area contributed by atoms with Crippen LogP contribution in [0.1, 0.15) is 42.1 Å². The van der Waals surface area contributed by atoms with Crippen LogP contribution in [0.5, 0.6) is 0 Å². The zero-order valence-corrected chi connectivity index (χ0v) is 14.5. The maximum Gasteiger partial charge on any atom is 0.326 e. The van der Waals surface area contributed by atoms with E-state index in [0.717, 1.165) is 24.0 Å². The van der Waals surface area contributed by atoms with Gasteiger partial charge < -0.3 is 10.4 Å². The molecular formula is C18H18ClN3O3. The zero-order chi connectivity index (χ0) is 17.8. The fourth-order valence-corrected chi connectivity index (χ4v) is 3.87. The third-order valence-electron chi connectivity index (χ3n) is 5.09. The highest BCUT2D eigenvalue weighted by Gasteiger charge is 2.46. The van der Waals surface area contributed by atoms with Gasteiger partial charge in [-0.25, -0.2) is 9.78 Å². The molecule has 2 heterocycles. The molecule has 1 fully saturated rings. The highest BCUT2D eigenvalue weighted by molar-refractivity contribution is 6.30. The van der Waals surface area contributed by atoms with E-state index in [4.69, 9.17) is 11.6 Å². The van der Waals surface area contributed by atoms with Gasteiger partial charge in [0.2, 0.25) is 0 Å². The third-order valence-corrected chi connectivity index (χ3v) is 5.39. The topological polar surface area (TPSA) is 84.2 Å². The van der Waals surface area contributed by atoms with E-state index in [0.29, 0.717) is 18.5 Å². The first-order chi connectivity index (χ1) is 11.9. The number of carboxylic acid groups (broad SMARTS) is 1. The number of halogens is 1. The van der Waals surface area contributed by atoms with Gasteiger partial charge >= 0.3 is 5.97 Å². The van der Waals surface area contributed by atoms with Crippen LogP contribution in [0.25, 0.3) is 0 Å². The van der Waals surface area contributed by atoms with Crippen molar-refractivity contribution in [3.05, 3.63) is 56.6 Å². The lowest BCUT2D eigenvalue weighted by Crippen LogP contribution is -2.33. The van der Waals surface area contributed by atoms with Crippen molar-refractivity contribution in [1.82, 2.24) is 9.55 Å². The summed E-state index contributed by atoms with van der Waals surface area (Å²) in [7, 11) is 0. The van der Waals surface area contributed by atoms with Crippen LogP contribution in [-0.4, -0.2) is 20.6 Å². The number of carboxylic acids is 1. The molecule has 2 aliphatic rings. The predicted octanol–water partition coefficient (Wildman–Crippen LogP) is 2.88. The molecule has 0 saturated heterocycles. The summed E-state index contributed by atoms with van der Waals surface area (Å²) in [5.74, 6) is -0.894. The van der Waals surface area contributed by atoms with Gasteiger partial charge in [-0.05, 0) is 38.2 Å². The molecule has 1 aromatic carbocycles. The molecule has 25 heavy (non-hydrogen) atoms. The Morgan fingerprint density at radius 1 is 1.44 bits per heavy atom. The standard InChI is InChI=1S/C18H18ClN3O3/c1-10-3-2-4-11(9-10)18(7-8-18)21-15-16(23)22-12(14(19)20-15)5-6-13(22)17(24)25/h2-4,9,13H,5-8H2,1H3,(H,20,21)(H,24,25). The van der Waals surface area contributed by atoms with Gasteiger partial charge in [0.05, 0.1) is 11.2 Å². The second-order valence-electron chi connectivity index (χ2n) is 6.84.